The molecule has 2 aromatic carbocycles. The first-order valence-corrected chi connectivity index (χ1v) is 8.93. The minimum atomic E-state index is -0.122. The molecule has 1 amide bonds. The highest BCUT2D eigenvalue weighted by Crippen LogP contribution is 2.32. The lowest BCUT2D eigenvalue weighted by Gasteiger charge is -2.16. The molecule has 0 saturated carbocycles. The van der Waals surface area contributed by atoms with Gasteiger partial charge in [0.05, 0.1) is 5.92 Å². The Morgan fingerprint density at radius 1 is 1.20 bits per heavy atom. The second-order valence-electron chi connectivity index (χ2n) is 5.85. The second-order valence-corrected chi connectivity index (χ2v) is 7.20. The summed E-state index contributed by atoms with van der Waals surface area (Å²) < 4.78 is 6.40. The van der Waals surface area contributed by atoms with Crippen molar-refractivity contribution in [3.63, 3.8) is 0 Å². The van der Waals surface area contributed by atoms with Gasteiger partial charge in [0.25, 0.3) is 0 Å². The Kier molecular flexibility index (Phi) is 4.31. The van der Waals surface area contributed by atoms with Crippen molar-refractivity contribution < 1.29 is 9.32 Å². The third-order valence-electron chi connectivity index (χ3n) is 4.14. The van der Waals surface area contributed by atoms with E-state index in [1.54, 1.807) is 17.0 Å². The third kappa shape index (κ3) is 3.32. The van der Waals surface area contributed by atoms with Gasteiger partial charge in [-0.15, -0.1) is 0 Å². The van der Waals surface area contributed by atoms with Crippen LogP contribution in [0.5, 0.6) is 0 Å². The van der Waals surface area contributed by atoms with Crippen LogP contribution in [0.4, 0.5) is 5.69 Å². The molecule has 1 aliphatic heterocycles. The van der Waals surface area contributed by atoms with Gasteiger partial charge in [0.1, 0.15) is 0 Å². The van der Waals surface area contributed by atoms with Crippen molar-refractivity contribution in [1.29, 1.82) is 0 Å². The second kappa shape index (κ2) is 6.61. The van der Waals surface area contributed by atoms with Gasteiger partial charge in [0.15, 0.2) is 0 Å². The lowest BCUT2D eigenvalue weighted by molar-refractivity contribution is -0.117. The van der Waals surface area contributed by atoms with Crippen LogP contribution in [0.15, 0.2) is 57.5 Å². The summed E-state index contributed by atoms with van der Waals surface area (Å²) in [5, 5.41) is 4.65. The quantitative estimate of drug-likeness (QED) is 0.620. The van der Waals surface area contributed by atoms with E-state index in [1.165, 1.54) is 0 Å². The summed E-state index contributed by atoms with van der Waals surface area (Å²) >= 11 is 9.43. The SMILES string of the molecule is O=C1CC(c2nc(-c3ccc(Br)cc3)no2)CN1c1cccc(Cl)c1. The van der Waals surface area contributed by atoms with Gasteiger partial charge in [-0.3, -0.25) is 4.79 Å². The molecule has 1 aliphatic rings. The topological polar surface area (TPSA) is 59.2 Å². The highest BCUT2D eigenvalue weighted by atomic mass is 79.9. The van der Waals surface area contributed by atoms with Gasteiger partial charge in [0, 0.05) is 33.7 Å². The molecule has 2 heterocycles. The van der Waals surface area contributed by atoms with Crippen LogP contribution in [0.1, 0.15) is 18.2 Å². The van der Waals surface area contributed by atoms with Gasteiger partial charge in [-0.25, -0.2) is 0 Å². The molecule has 5 nitrogen and oxygen atoms in total. The van der Waals surface area contributed by atoms with Crippen molar-refractivity contribution in [3.8, 4) is 11.4 Å². The number of amides is 1. The first-order valence-electron chi connectivity index (χ1n) is 7.75. The van der Waals surface area contributed by atoms with Gasteiger partial charge in [-0.05, 0) is 42.5 Å². The Bertz CT molecular complexity index is 926. The number of benzene rings is 2. The van der Waals surface area contributed by atoms with E-state index in [0.29, 0.717) is 29.7 Å². The Labute approximate surface area is 157 Å². The molecular weight excluding hydrogens is 406 g/mol. The van der Waals surface area contributed by atoms with Crippen LogP contribution < -0.4 is 4.90 Å². The van der Waals surface area contributed by atoms with Crippen molar-refractivity contribution in [2.45, 2.75) is 12.3 Å². The molecule has 0 radical (unpaired) electrons. The van der Waals surface area contributed by atoms with Crippen LogP contribution in [0, 0.1) is 0 Å². The number of rotatable bonds is 3. The molecule has 1 atom stereocenters. The fourth-order valence-corrected chi connectivity index (χ4v) is 3.33. The summed E-state index contributed by atoms with van der Waals surface area (Å²) in [6, 6.07) is 14.9. The molecule has 25 heavy (non-hydrogen) atoms. The largest absolute Gasteiger partial charge is 0.339 e. The Morgan fingerprint density at radius 3 is 2.76 bits per heavy atom. The predicted molar refractivity (Wildman–Crippen MR) is 98.6 cm³/mol. The summed E-state index contributed by atoms with van der Waals surface area (Å²) in [7, 11) is 0. The minimum Gasteiger partial charge on any atom is -0.339 e. The standard InChI is InChI=1S/C18H13BrClN3O2/c19-13-6-4-11(5-7-13)17-21-18(25-22-17)12-8-16(24)23(10-12)15-3-1-2-14(20)9-15/h1-7,9,12H,8,10H2. The van der Waals surface area contributed by atoms with Crippen molar-refractivity contribution in [2.24, 2.45) is 0 Å². The maximum atomic E-state index is 12.4. The van der Waals surface area contributed by atoms with E-state index in [1.807, 2.05) is 36.4 Å². The van der Waals surface area contributed by atoms with Crippen molar-refractivity contribution >= 4 is 39.1 Å². The van der Waals surface area contributed by atoms with E-state index < -0.39 is 0 Å². The van der Waals surface area contributed by atoms with Crippen LogP contribution in [0.25, 0.3) is 11.4 Å². The monoisotopic (exact) mass is 417 g/mol. The Hall–Kier alpha value is -2.18. The molecule has 4 rings (SSSR count). The van der Waals surface area contributed by atoms with Crippen LogP contribution in [0.3, 0.4) is 0 Å². The van der Waals surface area contributed by atoms with E-state index in [9.17, 15) is 4.79 Å². The molecule has 0 aliphatic carbocycles. The lowest BCUT2D eigenvalue weighted by Crippen LogP contribution is -2.24. The highest BCUT2D eigenvalue weighted by molar-refractivity contribution is 9.10. The van der Waals surface area contributed by atoms with Crippen molar-refractivity contribution in [2.75, 3.05) is 11.4 Å². The average Bonchev–Trinajstić information content (AvgIpc) is 3.22. The first-order chi connectivity index (χ1) is 12.1. The summed E-state index contributed by atoms with van der Waals surface area (Å²) in [5.41, 5.74) is 1.65. The number of halogens is 2. The van der Waals surface area contributed by atoms with E-state index in [2.05, 4.69) is 26.1 Å². The summed E-state index contributed by atoms with van der Waals surface area (Å²) in [6.45, 7) is 0.501. The molecule has 126 valence electrons. The predicted octanol–water partition coefficient (Wildman–Crippen LogP) is 4.67. The summed E-state index contributed by atoms with van der Waals surface area (Å²) in [5.74, 6) is 0.908. The number of nitrogens with zero attached hydrogens (tertiary/aromatic N) is 3. The van der Waals surface area contributed by atoms with E-state index >= 15 is 0 Å². The van der Waals surface area contributed by atoms with Crippen molar-refractivity contribution in [3.05, 3.63) is 63.9 Å². The van der Waals surface area contributed by atoms with Gasteiger partial charge in [-0.2, -0.15) is 4.98 Å². The first kappa shape index (κ1) is 16.3. The maximum Gasteiger partial charge on any atom is 0.232 e. The number of carbonyl (C=O) groups excluding carboxylic acids is 1. The van der Waals surface area contributed by atoms with Crippen LogP contribution >= 0.6 is 27.5 Å². The van der Waals surface area contributed by atoms with Crippen molar-refractivity contribution in [1.82, 2.24) is 10.1 Å². The van der Waals surface area contributed by atoms with Crippen LogP contribution in [-0.4, -0.2) is 22.6 Å². The van der Waals surface area contributed by atoms with E-state index in [-0.39, 0.29) is 11.8 Å². The molecule has 1 unspecified atom stereocenters. The Balaban J connectivity index is 1.55. The molecule has 0 bridgehead atoms. The van der Waals surface area contributed by atoms with Gasteiger partial charge < -0.3 is 9.42 Å². The van der Waals surface area contributed by atoms with E-state index in [0.717, 1.165) is 15.7 Å². The zero-order valence-electron chi connectivity index (χ0n) is 13.0. The van der Waals surface area contributed by atoms with Gasteiger partial charge in [0.2, 0.25) is 17.6 Å². The smallest absolute Gasteiger partial charge is 0.232 e. The summed E-state index contributed by atoms with van der Waals surface area (Å²) in [6.07, 6.45) is 0.342. The van der Waals surface area contributed by atoms with Crippen LogP contribution in [0.2, 0.25) is 5.02 Å². The molecule has 0 spiro atoms. The number of carbonyl (C=O) groups is 1. The number of aromatic nitrogens is 2. The number of anilines is 1. The van der Waals surface area contributed by atoms with Crippen LogP contribution in [-0.2, 0) is 4.79 Å². The van der Waals surface area contributed by atoms with E-state index in [4.69, 9.17) is 16.1 Å². The molecule has 3 aromatic rings. The molecular formula is C18H13BrClN3O2. The van der Waals surface area contributed by atoms with Gasteiger partial charge in [-0.1, -0.05) is 38.8 Å². The number of hydrogen-bond donors (Lipinski definition) is 0. The van der Waals surface area contributed by atoms with Gasteiger partial charge >= 0.3 is 0 Å². The fourth-order valence-electron chi connectivity index (χ4n) is 2.88. The molecule has 1 aromatic heterocycles. The normalized spacial score (nSPS) is 17.3. The zero-order chi connectivity index (χ0) is 17.4. The zero-order valence-corrected chi connectivity index (χ0v) is 15.4. The molecule has 7 heteroatoms. The molecule has 1 fully saturated rings. The fraction of sp³-hybridized carbons (Fsp3) is 0.167. The highest BCUT2D eigenvalue weighted by Gasteiger charge is 2.35. The lowest BCUT2D eigenvalue weighted by atomic mass is 10.1. The number of hydrogen-bond acceptors (Lipinski definition) is 4. The molecule has 0 N–H and O–H groups in total. The molecule has 1 saturated heterocycles. The average molecular weight is 419 g/mol. The maximum absolute atomic E-state index is 12.4. The summed E-state index contributed by atoms with van der Waals surface area (Å²) in [4.78, 5) is 18.6. The third-order valence-corrected chi connectivity index (χ3v) is 4.90. The minimum absolute atomic E-state index is 0.0238. The Morgan fingerprint density at radius 2 is 2.00 bits per heavy atom.